The third-order valence-corrected chi connectivity index (χ3v) is 2.93. The SMILES string of the molecule is CNCCc1cc(-c2cccc(OC)c2)n(C)n1. The highest BCUT2D eigenvalue weighted by Crippen LogP contribution is 2.24. The van der Waals surface area contributed by atoms with Crippen LogP contribution < -0.4 is 10.1 Å². The van der Waals surface area contributed by atoms with E-state index in [1.807, 2.05) is 37.0 Å². The molecule has 0 atom stereocenters. The Morgan fingerprint density at radius 3 is 2.89 bits per heavy atom. The van der Waals surface area contributed by atoms with E-state index in [9.17, 15) is 0 Å². The van der Waals surface area contributed by atoms with Crippen LogP contribution in [-0.4, -0.2) is 30.5 Å². The van der Waals surface area contributed by atoms with Gasteiger partial charge in [0.1, 0.15) is 5.75 Å². The number of aryl methyl sites for hydroxylation is 1. The summed E-state index contributed by atoms with van der Waals surface area (Å²) in [5.74, 6) is 0.866. The van der Waals surface area contributed by atoms with Crippen molar-refractivity contribution in [3.8, 4) is 17.0 Å². The van der Waals surface area contributed by atoms with Gasteiger partial charge in [-0.1, -0.05) is 12.1 Å². The Balaban J connectivity index is 2.29. The van der Waals surface area contributed by atoms with Crippen LogP contribution in [0.15, 0.2) is 30.3 Å². The van der Waals surface area contributed by atoms with Gasteiger partial charge in [-0.3, -0.25) is 4.68 Å². The van der Waals surface area contributed by atoms with E-state index in [-0.39, 0.29) is 0 Å². The zero-order valence-electron chi connectivity index (χ0n) is 11.1. The minimum absolute atomic E-state index is 0.866. The molecule has 0 amide bonds. The highest BCUT2D eigenvalue weighted by Gasteiger charge is 2.07. The summed E-state index contributed by atoms with van der Waals surface area (Å²) < 4.78 is 7.16. The number of likely N-dealkylation sites (N-methyl/N-ethyl adjacent to an activating group) is 1. The van der Waals surface area contributed by atoms with Crippen molar-refractivity contribution in [2.75, 3.05) is 20.7 Å². The van der Waals surface area contributed by atoms with E-state index in [1.165, 1.54) is 0 Å². The minimum atomic E-state index is 0.866. The lowest BCUT2D eigenvalue weighted by molar-refractivity contribution is 0.415. The van der Waals surface area contributed by atoms with Gasteiger partial charge in [0, 0.05) is 25.6 Å². The number of hydrogen-bond acceptors (Lipinski definition) is 3. The smallest absolute Gasteiger partial charge is 0.119 e. The molecule has 4 nitrogen and oxygen atoms in total. The maximum Gasteiger partial charge on any atom is 0.119 e. The van der Waals surface area contributed by atoms with Gasteiger partial charge in [0.25, 0.3) is 0 Å². The fraction of sp³-hybridized carbons (Fsp3) is 0.357. The second-order valence-corrected chi connectivity index (χ2v) is 4.23. The van der Waals surface area contributed by atoms with E-state index in [0.717, 1.165) is 35.7 Å². The van der Waals surface area contributed by atoms with Crippen molar-refractivity contribution >= 4 is 0 Å². The first-order chi connectivity index (χ1) is 8.74. The van der Waals surface area contributed by atoms with E-state index in [1.54, 1.807) is 7.11 Å². The summed E-state index contributed by atoms with van der Waals surface area (Å²) in [5, 5.41) is 7.65. The zero-order chi connectivity index (χ0) is 13.0. The average molecular weight is 245 g/mol. The van der Waals surface area contributed by atoms with Crippen molar-refractivity contribution in [1.82, 2.24) is 15.1 Å². The van der Waals surface area contributed by atoms with Crippen molar-refractivity contribution in [2.24, 2.45) is 7.05 Å². The molecule has 4 heteroatoms. The summed E-state index contributed by atoms with van der Waals surface area (Å²) in [6.07, 6.45) is 0.939. The van der Waals surface area contributed by atoms with Crippen LogP contribution in [0.1, 0.15) is 5.69 Å². The summed E-state index contributed by atoms with van der Waals surface area (Å²) in [5.41, 5.74) is 3.34. The van der Waals surface area contributed by atoms with Crippen molar-refractivity contribution in [1.29, 1.82) is 0 Å². The van der Waals surface area contributed by atoms with Gasteiger partial charge in [-0.15, -0.1) is 0 Å². The maximum atomic E-state index is 5.25. The van der Waals surface area contributed by atoms with Gasteiger partial charge < -0.3 is 10.1 Å². The molecule has 0 saturated carbocycles. The van der Waals surface area contributed by atoms with Crippen molar-refractivity contribution in [3.05, 3.63) is 36.0 Å². The van der Waals surface area contributed by atoms with Gasteiger partial charge in [-0.2, -0.15) is 5.10 Å². The molecule has 1 aromatic carbocycles. The van der Waals surface area contributed by atoms with Crippen molar-refractivity contribution < 1.29 is 4.74 Å². The van der Waals surface area contributed by atoms with Crippen LogP contribution in [0, 0.1) is 0 Å². The maximum absolute atomic E-state index is 5.25. The number of nitrogens with one attached hydrogen (secondary N) is 1. The predicted molar refractivity (Wildman–Crippen MR) is 72.8 cm³/mol. The first-order valence-corrected chi connectivity index (χ1v) is 6.06. The molecule has 0 radical (unpaired) electrons. The molecule has 1 heterocycles. The van der Waals surface area contributed by atoms with Gasteiger partial charge in [-0.05, 0) is 25.2 Å². The van der Waals surface area contributed by atoms with Gasteiger partial charge >= 0.3 is 0 Å². The lowest BCUT2D eigenvalue weighted by Crippen LogP contribution is -2.10. The van der Waals surface area contributed by atoms with Crippen LogP contribution in [0.4, 0.5) is 0 Å². The number of benzene rings is 1. The molecule has 0 unspecified atom stereocenters. The van der Waals surface area contributed by atoms with Crippen molar-refractivity contribution in [3.63, 3.8) is 0 Å². The first kappa shape index (κ1) is 12.6. The molecule has 2 aromatic rings. The second kappa shape index (κ2) is 5.69. The Labute approximate surface area is 108 Å². The largest absolute Gasteiger partial charge is 0.497 e. The van der Waals surface area contributed by atoms with Crippen molar-refractivity contribution in [2.45, 2.75) is 6.42 Å². The molecule has 0 aliphatic carbocycles. The van der Waals surface area contributed by atoms with Crippen LogP contribution in [0.25, 0.3) is 11.3 Å². The van der Waals surface area contributed by atoms with Gasteiger partial charge in [0.05, 0.1) is 18.5 Å². The molecule has 0 saturated heterocycles. The average Bonchev–Trinajstić information content (AvgIpc) is 2.77. The van der Waals surface area contributed by atoms with Crippen LogP contribution in [0.2, 0.25) is 0 Å². The quantitative estimate of drug-likeness (QED) is 0.874. The molecule has 2 rings (SSSR count). The molecule has 96 valence electrons. The van der Waals surface area contributed by atoms with E-state index in [0.29, 0.717) is 0 Å². The minimum Gasteiger partial charge on any atom is -0.497 e. The lowest BCUT2D eigenvalue weighted by Gasteiger charge is -2.04. The Kier molecular flexibility index (Phi) is 3.99. The molecule has 1 N–H and O–H groups in total. The summed E-state index contributed by atoms with van der Waals surface area (Å²) in [4.78, 5) is 0. The molecule has 0 aliphatic rings. The van der Waals surface area contributed by atoms with Crippen LogP contribution >= 0.6 is 0 Å². The monoisotopic (exact) mass is 245 g/mol. The fourth-order valence-electron chi connectivity index (χ4n) is 1.95. The third-order valence-electron chi connectivity index (χ3n) is 2.93. The van der Waals surface area contributed by atoms with Crippen LogP contribution in [0.3, 0.4) is 0 Å². The number of methoxy groups -OCH3 is 1. The number of ether oxygens (including phenoxy) is 1. The molecule has 0 bridgehead atoms. The Morgan fingerprint density at radius 1 is 1.33 bits per heavy atom. The number of aromatic nitrogens is 2. The normalized spacial score (nSPS) is 10.6. The molecule has 1 aromatic heterocycles. The molecule has 0 spiro atoms. The summed E-state index contributed by atoms with van der Waals surface area (Å²) in [7, 11) is 5.60. The molecular weight excluding hydrogens is 226 g/mol. The standard InChI is InChI=1S/C14H19N3O/c1-15-8-7-12-10-14(17(2)16-12)11-5-4-6-13(9-11)18-3/h4-6,9-10,15H,7-8H2,1-3H3. The Hall–Kier alpha value is -1.81. The third kappa shape index (κ3) is 2.71. The molecular formula is C14H19N3O. The molecule has 0 aliphatic heterocycles. The van der Waals surface area contributed by atoms with E-state index in [4.69, 9.17) is 4.74 Å². The topological polar surface area (TPSA) is 39.1 Å². The summed E-state index contributed by atoms with van der Waals surface area (Å²) >= 11 is 0. The van der Waals surface area contributed by atoms with Crippen LogP contribution in [0.5, 0.6) is 5.75 Å². The highest BCUT2D eigenvalue weighted by molar-refractivity contribution is 5.62. The Morgan fingerprint density at radius 2 is 2.17 bits per heavy atom. The van der Waals surface area contributed by atoms with E-state index in [2.05, 4.69) is 22.5 Å². The zero-order valence-corrected chi connectivity index (χ0v) is 11.1. The fourth-order valence-corrected chi connectivity index (χ4v) is 1.95. The summed E-state index contributed by atoms with van der Waals surface area (Å²) in [6, 6.07) is 10.2. The summed E-state index contributed by atoms with van der Waals surface area (Å²) in [6.45, 7) is 0.939. The highest BCUT2D eigenvalue weighted by atomic mass is 16.5. The van der Waals surface area contributed by atoms with E-state index >= 15 is 0 Å². The first-order valence-electron chi connectivity index (χ1n) is 6.06. The predicted octanol–water partition coefficient (Wildman–Crippen LogP) is 1.86. The van der Waals surface area contributed by atoms with Gasteiger partial charge in [0.2, 0.25) is 0 Å². The number of nitrogens with zero attached hydrogens (tertiary/aromatic N) is 2. The second-order valence-electron chi connectivity index (χ2n) is 4.23. The van der Waals surface area contributed by atoms with Gasteiger partial charge in [0.15, 0.2) is 0 Å². The van der Waals surface area contributed by atoms with Gasteiger partial charge in [-0.25, -0.2) is 0 Å². The number of rotatable bonds is 5. The molecule has 0 fully saturated rings. The lowest BCUT2D eigenvalue weighted by atomic mass is 10.1. The number of hydrogen-bond donors (Lipinski definition) is 1. The van der Waals surface area contributed by atoms with Crippen LogP contribution in [-0.2, 0) is 13.5 Å². The molecule has 18 heavy (non-hydrogen) atoms. The van der Waals surface area contributed by atoms with E-state index < -0.39 is 0 Å². The Bertz CT molecular complexity index is 520.